The molecule has 142 valence electrons. The highest BCUT2D eigenvalue weighted by molar-refractivity contribution is 6.06. The van der Waals surface area contributed by atoms with Crippen LogP contribution in [-0.2, 0) is 4.74 Å². The van der Waals surface area contributed by atoms with Gasteiger partial charge in [-0.3, -0.25) is 4.79 Å². The minimum absolute atomic E-state index is 0.243. The Kier molecular flexibility index (Phi) is 5.49. The number of carbonyl (C=O) groups is 1. The van der Waals surface area contributed by atoms with E-state index in [1.54, 1.807) is 18.3 Å². The van der Waals surface area contributed by atoms with E-state index >= 15 is 0 Å². The monoisotopic (exact) mass is 375 g/mol. The van der Waals surface area contributed by atoms with Gasteiger partial charge in [0.1, 0.15) is 17.3 Å². The van der Waals surface area contributed by atoms with Gasteiger partial charge in [0.25, 0.3) is 5.91 Å². The molecule has 0 saturated carbocycles. The molecule has 2 aromatic carbocycles. The Bertz CT molecular complexity index is 923. The molecule has 1 aromatic heterocycles. The number of rotatable bonds is 5. The van der Waals surface area contributed by atoms with Crippen LogP contribution in [0.25, 0.3) is 0 Å². The zero-order chi connectivity index (χ0) is 19.2. The number of anilines is 2. The minimum atomic E-state index is -0.243. The Morgan fingerprint density at radius 2 is 1.71 bits per heavy atom. The third-order valence-electron chi connectivity index (χ3n) is 4.44. The van der Waals surface area contributed by atoms with E-state index in [1.165, 1.54) is 0 Å². The van der Waals surface area contributed by atoms with Crippen LogP contribution in [0.2, 0.25) is 0 Å². The van der Waals surface area contributed by atoms with Crippen molar-refractivity contribution >= 4 is 17.4 Å². The smallest absolute Gasteiger partial charge is 0.259 e. The summed E-state index contributed by atoms with van der Waals surface area (Å²) < 4.78 is 11.2. The van der Waals surface area contributed by atoms with Gasteiger partial charge in [0.2, 0.25) is 0 Å². The molecular weight excluding hydrogens is 354 g/mol. The fourth-order valence-corrected chi connectivity index (χ4v) is 3.00. The van der Waals surface area contributed by atoms with Gasteiger partial charge in [-0.15, -0.1) is 0 Å². The molecule has 1 aliphatic rings. The molecule has 0 spiro atoms. The number of para-hydroxylation sites is 2. The summed E-state index contributed by atoms with van der Waals surface area (Å²) in [6, 6.07) is 20.3. The molecule has 6 nitrogen and oxygen atoms in total. The fourth-order valence-electron chi connectivity index (χ4n) is 3.00. The van der Waals surface area contributed by atoms with Crippen LogP contribution in [-0.4, -0.2) is 37.2 Å². The van der Waals surface area contributed by atoms with E-state index in [0.717, 1.165) is 18.9 Å². The summed E-state index contributed by atoms with van der Waals surface area (Å²) in [6.45, 7) is 3.06. The Morgan fingerprint density at radius 3 is 2.46 bits per heavy atom. The summed E-state index contributed by atoms with van der Waals surface area (Å²) in [5, 5.41) is 2.89. The van der Waals surface area contributed by atoms with E-state index in [-0.39, 0.29) is 5.91 Å². The number of nitrogens with one attached hydrogen (secondary N) is 1. The van der Waals surface area contributed by atoms with Crippen molar-refractivity contribution < 1.29 is 14.3 Å². The predicted molar refractivity (Wildman–Crippen MR) is 108 cm³/mol. The second-order valence-electron chi connectivity index (χ2n) is 6.37. The normalized spacial score (nSPS) is 13.8. The number of nitrogens with zero attached hydrogens (tertiary/aromatic N) is 2. The van der Waals surface area contributed by atoms with E-state index in [0.29, 0.717) is 36.0 Å². The molecule has 2 heterocycles. The number of aromatic nitrogens is 1. The second-order valence-corrected chi connectivity index (χ2v) is 6.37. The molecular formula is C22H21N3O3. The van der Waals surface area contributed by atoms with E-state index in [2.05, 4.69) is 15.2 Å². The first-order chi connectivity index (χ1) is 13.8. The summed E-state index contributed by atoms with van der Waals surface area (Å²) in [5.41, 5.74) is 1.10. The SMILES string of the molecule is O=C(Nc1ccc(N2CCOCC2)nc1)c1ccccc1Oc1ccccc1. The summed E-state index contributed by atoms with van der Waals surface area (Å²) in [5.74, 6) is 1.82. The number of benzene rings is 2. The highest BCUT2D eigenvalue weighted by Crippen LogP contribution is 2.26. The summed E-state index contributed by atoms with van der Waals surface area (Å²) in [7, 11) is 0. The average Bonchev–Trinajstić information content (AvgIpc) is 2.76. The van der Waals surface area contributed by atoms with Crippen molar-refractivity contribution in [1.82, 2.24) is 4.98 Å². The zero-order valence-corrected chi connectivity index (χ0v) is 15.4. The van der Waals surface area contributed by atoms with Crippen LogP contribution in [0.3, 0.4) is 0 Å². The van der Waals surface area contributed by atoms with Gasteiger partial charge in [-0.25, -0.2) is 4.98 Å². The lowest BCUT2D eigenvalue weighted by Crippen LogP contribution is -2.36. The maximum Gasteiger partial charge on any atom is 0.259 e. The molecule has 1 saturated heterocycles. The molecule has 4 rings (SSSR count). The first kappa shape index (κ1) is 18.0. The van der Waals surface area contributed by atoms with Crippen LogP contribution in [0.5, 0.6) is 11.5 Å². The molecule has 0 atom stereocenters. The van der Waals surface area contributed by atoms with Gasteiger partial charge in [-0.1, -0.05) is 30.3 Å². The Morgan fingerprint density at radius 1 is 0.964 bits per heavy atom. The summed E-state index contributed by atoms with van der Waals surface area (Å²) in [4.78, 5) is 19.4. The molecule has 1 N–H and O–H groups in total. The standard InChI is InChI=1S/C22H21N3O3/c26-22(19-8-4-5-9-20(19)28-18-6-2-1-3-7-18)24-17-10-11-21(23-16-17)25-12-14-27-15-13-25/h1-11,16H,12-15H2,(H,24,26). The Labute approximate surface area is 163 Å². The fraction of sp³-hybridized carbons (Fsp3) is 0.182. The first-order valence-corrected chi connectivity index (χ1v) is 9.21. The lowest BCUT2D eigenvalue weighted by Gasteiger charge is -2.27. The number of hydrogen-bond acceptors (Lipinski definition) is 5. The maximum atomic E-state index is 12.8. The topological polar surface area (TPSA) is 63.7 Å². The van der Waals surface area contributed by atoms with Crippen molar-refractivity contribution in [2.75, 3.05) is 36.5 Å². The van der Waals surface area contributed by atoms with E-state index in [1.807, 2.05) is 54.6 Å². The van der Waals surface area contributed by atoms with Crippen LogP contribution in [0.4, 0.5) is 11.5 Å². The third kappa shape index (κ3) is 4.29. The minimum Gasteiger partial charge on any atom is -0.457 e. The average molecular weight is 375 g/mol. The van der Waals surface area contributed by atoms with Crippen LogP contribution in [0.1, 0.15) is 10.4 Å². The number of carbonyl (C=O) groups excluding carboxylic acids is 1. The van der Waals surface area contributed by atoms with Crippen LogP contribution in [0.15, 0.2) is 72.9 Å². The largest absolute Gasteiger partial charge is 0.457 e. The van der Waals surface area contributed by atoms with Gasteiger partial charge < -0.3 is 19.7 Å². The highest BCUT2D eigenvalue weighted by atomic mass is 16.5. The Hall–Kier alpha value is -3.38. The number of hydrogen-bond donors (Lipinski definition) is 1. The van der Waals surface area contributed by atoms with E-state index < -0.39 is 0 Å². The number of pyridine rings is 1. The van der Waals surface area contributed by atoms with Crippen LogP contribution in [0, 0.1) is 0 Å². The van der Waals surface area contributed by atoms with Gasteiger partial charge in [-0.2, -0.15) is 0 Å². The van der Waals surface area contributed by atoms with E-state index in [4.69, 9.17) is 9.47 Å². The van der Waals surface area contributed by atoms with Crippen molar-refractivity contribution in [2.45, 2.75) is 0 Å². The van der Waals surface area contributed by atoms with Crippen molar-refractivity contribution in [3.63, 3.8) is 0 Å². The van der Waals surface area contributed by atoms with Crippen LogP contribution >= 0.6 is 0 Å². The number of morpholine rings is 1. The summed E-state index contributed by atoms with van der Waals surface area (Å²) in [6.07, 6.45) is 1.67. The van der Waals surface area contributed by atoms with Crippen molar-refractivity contribution in [3.05, 3.63) is 78.5 Å². The summed E-state index contributed by atoms with van der Waals surface area (Å²) >= 11 is 0. The van der Waals surface area contributed by atoms with Gasteiger partial charge in [0.15, 0.2) is 0 Å². The molecule has 0 bridgehead atoms. The molecule has 1 amide bonds. The number of amides is 1. The third-order valence-corrected chi connectivity index (χ3v) is 4.44. The molecule has 1 fully saturated rings. The van der Waals surface area contributed by atoms with Gasteiger partial charge in [-0.05, 0) is 36.4 Å². The molecule has 28 heavy (non-hydrogen) atoms. The zero-order valence-electron chi connectivity index (χ0n) is 15.4. The maximum absolute atomic E-state index is 12.8. The van der Waals surface area contributed by atoms with Crippen molar-refractivity contribution in [2.24, 2.45) is 0 Å². The second kappa shape index (κ2) is 8.54. The van der Waals surface area contributed by atoms with Crippen molar-refractivity contribution in [1.29, 1.82) is 0 Å². The molecule has 3 aromatic rings. The van der Waals surface area contributed by atoms with Crippen LogP contribution < -0.4 is 15.0 Å². The molecule has 0 radical (unpaired) electrons. The van der Waals surface area contributed by atoms with E-state index in [9.17, 15) is 4.79 Å². The molecule has 0 aliphatic carbocycles. The lowest BCUT2D eigenvalue weighted by molar-refractivity contribution is 0.102. The Balaban J connectivity index is 1.46. The molecule has 1 aliphatic heterocycles. The van der Waals surface area contributed by atoms with Gasteiger partial charge >= 0.3 is 0 Å². The van der Waals surface area contributed by atoms with Crippen molar-refractivity contribution in [3.8, 4) is 11.5 Å². The predicted octanol–water partition coefficient (Wildman–Crippen LogP) is 3.96. The number of ether oxygens (including phenoxy) is 2. The highest BCUT2D eigenvalue weighted by Gasteiger charge is 2.15. The quantitative estimate of drug-likeness (QED) is 0.731. The first-order valence-electron chi connectivity index (χ1n) is 9.21. The van der Waals surface area contributed by atoms with Gasteiger partial charge in [0.05, 0.1) is 30.7 Å². The molecule has 6 heteroatoms. The lowest BCUT2D eigenvalue weighted by atomic mass is 10.2. The van der Waals surface area contributed by atoms with Gasteiger partial charge in [0, 0.05) is 13.1 Å². The molecule has 0 unspecified atom stereocenters.